The van der Waals surface area contributed by atoms with Crippen LogP contribution in [0.25, 0.3) is 11.4 Å². The molecule has 1 aromatic carbocycles. The summed E-state index contributed by atoms with van der Waals surface area (Å²) in [6, 6.07) is 13.1. The van der Waals surface area contributed by atoms with Crippen LogP contribution in [0.2, 0.25) is 5.02 Å². The van der Waals surface area contributed by atoms with Gasteiger partial charge in [0.25, 0.3) is 0 Å². The van der Waals surface area contributed by atoms with Crippen LogP contribution >= 0.6 is 23.4 Å². The molecular weight excluding hydrogens is 444 g/mol. The number of halogens is 1. The van der Waals surface area contributed by atoms with E-state index in [1.54, 1.807) is 6.26 Å². The highest BCUT2D eigenvalue weighted by molar-refractivity contribution is 7.99. The van der Waals surface area contributed by atoms with Gasteiger partial charge in [-0.15, -0.1) is 16.8 Å². The molecular formula is C24H23ClN4O2S. The molecule has 0 spiro atoms. The summed E-state index contributed by atoms with van der Waals surface area (Å²) in [6.45, 7) is 8.90. The van der Waals surface area contributed by atoms with Crippen LogP contribution in [-0.2, 0) is 13.1 Å². The third kappa shape index (κ3) is 4.59. The van der Waals surface area contributed by atoms with Crippen LogP contribution in [0.1, 0.15) is 27.5 Å². The van der Waals surface area contributed by atoms with Gasteiger partial charge in [0, 0.05) is 34.1 Å². The molecule has 0 radical (unpaired) electrons. The number of nitrogens with zero attached hydrogens (tertiary/aromatic N) is 4. The summed E-state index contributed by atoms with van der Waals surface area (Å²) in [5.74, 6) is 1.78. The third-order valence-electron chi connectivity index (χ3n) is 5.23. The van der Waals surface area contributed by atoms with Crippen LogP contribution in [0.3, 0.4) is 0 Å². The molecule has 0 saturated heterocycles. The molecule has 0 aliphatic rings. The van der Waals surface area contributed by atoms with Crippen molar-refractivity contribution >= 4 is 29.1 Å². The van der Waals surface area contributed by atoms with Crippen molar-refractivity contribution in [3.63, 3.8) is 0 Å². The first-order valence-corrected chi connectivity index (χ1v) is 11.5. The quantitative estimate of drug-likeness (QED) is 0.177. The maximum Gasteiger partial charge on any atom is 0.192 e. The number of furan rings is 1. The van der Waals surface area contributed by atoms with Crippen LogP contribution in [0, 0.1) is 13.8 Å². The van der Waals surface area contributed by atoms with E-state index in [0.29, 0.717) is 29.1 Å². The van der Waals surface area contributed by atoms with E-state index in [4.69, 9.17) is 16.0 Å². The molecule has 32 heavy (non-hydrogen) atoms. The zero-order chi connectivity index (χ0) is 22.7. The standard InChI is InChI=1S/C24H23ClN4O2S/c1-4-11-28-16(2)13-21(17(28)3)22(30)15-32-24-27-26-23(18-7-9-19(25)10-8-18)29(24)14-20-6-5-12-31-20/h4-10,12-13H,1,11,14-15H2,2-3H3. The third-order valence-corrected chi connectivity index (χ3v) is 6.45. The van der Waals surface area contributed by atoms with Crippen molar-refractivity contribution in [2.45, 2.75) is 32.1 Å². The van der Waals surface area contributed by atoms with Crippen molar-refractivity contribution in [3.8, 4) is 11.4 Å². The van der Waals surface area contributed by atoms with Gasteiger partial charge < -0.3 is 8.98 Å². The molecule has 4 aromatic rings. The Bertz CT molecular complexity index is 1240. The number of carbonyl (C=O) groups is 1. The summed E-state index contributed by atoms with van der Waals surface area (Å²) >= 11 is 7.41. The van der Waals surface area contributed by atoms with Crippen LogP contribution in [0.4, 0.5) is 0 Å². The van der Waals surface area contributed by atoms with E-state index in [2.05, 4.69) is 21.3 Å². The number of allylic oxidation sites excluding steroid dienone is 1. The molecule has 0 atom stereocenters. The maximum atomic E-state index is 13.0. The van der Waals surface area contributed by atoms with Crippen molar-refractivity contribution in [3.05, 3.63) is 89.1 Å². The van der Waals surface area contributed by atoms with Crippen LogP contribution in [0.5, 0.6) is 0 Å². The summed E-state index contributed by atoms with van der Waals surface area (Å²) in [6.07, 6.45) is 3.47. The van der Waals surface area contributed by atoms with Gasteiger partial charge in [-0.3, -0.25) is 9.36 Å². The summed E-state index contributed by atoms with van der Waals surface area (Å²) in [4.78, 5) is 13.0. The van der Waals surface area contributed by atoms with Crippen LogP contribution < -0.4 is 0 Å². The SMILES string of the molecule is C=CCn1c(C)cc(C(=O)CSc2nnc(-c3ccc(Cl)cc3)n2Cc2ccco2)c1C. The monoisotopic (exact) mass is 466 g/mol. The van der Waals surface area contributed by atoms with E-state index < -0.39 is 0 Å². The van der Waals surface area contributed by atoms with Gasteiger partial charge in [-0.2, -0.15) is 0 Å². The molecule has 0 N–H and O–H groups in total. The molecule has 3 heterocycles. The van der Waals surface area contributed by atoms with Gasteiger partial charge in [0.15, 0.2) is 16.8 Å². The first kappa shape index (κ1) is 22.2. The second-order valence-corrected chi connectivity index (χ2v) is 8.75. The van der Waals surface area contributed by atoms with Gasteiger partial charge in [-0.25, -0.2) is 0 Å². The number of hydrogen-bond donors (Lipinski definition) is 0. The highest BCUT2D eigenvalue weighted by atomic mass is 35.5. The fourth-order valence-electron chi connectivity index (χ4n) is 3.61. The Balaban J connectivity index is 1.59. The number of carbonyl (C=O) groups excluding carboxylic acids is 1. The Kier molecular flexibility index (Phi) is 6.67. The Morgan fingerprint density at radius 1 is 1.19 bits per heavy atom. The van der Waals surface area contributed by atoms with E-state index >= 15 is 0 Å². The Morgan fingerprint density at radius 2 is 1.97 bits per heavy atom. The Hall–Kier alpha value is -3.03. The Labute approximate surface area is 195 Å². The molecule has 8 heteroatoms. The Morgan fingerprint density at radius 3 is 2.66 bits per heavy atom. The fourth-order valence-corrected chi connectivity index (χ4v) is 4.56. The number of rotatable bonds is 9. The normalized spacial score (nSPS) is 11.1. The van der Waals surface area contributed by atoms with Crippen molar-refractivity contribution in [1.82, 2.24) is 19.3 Å². The summed E-state index contributed by atoms with van der Waals surface area (Å²) in [5, 5.41) is 10.1. The zero-order valence-corrected chi connectivity index (χ0v) is 19.5. The minimum atomic E-state index is 0.0546. The second-order valence-electron chi connectivity index (χ2n) is 7.37. The van der Waals surface area contributed by atoms with Gasteiger partial charge in [0.05, 0.1) is 18.6 Å². The lowest BCUT2D eigenvalue weighted by atomic mass is 10.2. The minimum Gasteiger partial charge on any atom is -0.467 e. The summed E-state index contributed by atoms with van der Waals surface area (Å²) in [5.41, 5.74) is 3.61. The molecule has 0 unspecified atom stereocenters. The average Bonchev–Trinajstić information content (AvgIpc) is 3.50. The molecule has 0 amide bonds. The molecule has 0 aliphatic heterocycles. The molecule has 0 saturated carbocycles. The van der Waals surface area contributed by atoms with E-state index in [9.17, 15) is 4.79 Å². The second kappa shape index (κ2) is 9.63. The van der Waals surface area contributed by atoms with Gasteiger partial charge in [-0.05, 0) is 56.3 Å². The van der Waals surface area contributed by atoms with Crippen molar-refractivity contribution in [2.24, 2.45) is 0 Å². The van der Waals surface area contributed by atoms with Gasteiger partial charge >= 0.3 is 0 Å². The number of ketones is 1. The number of aromatic nitrogens is 4. The molecule has 0 aliphatic carbocycles. The largest absolute Gasteiger partial charge is 0.467 e. The topological polar surface area (TPSA) is 65.8 Å². The predicted molar refractivity (Wildman–Crippen MR) is 127 cm³/mol. The van der Waals surface area contributed by atoms with Gasteiger partial charge in [0.2, 0.25) is 0 Å². The van der Waals surface area contributed by atoms with Crippen molar-refractivity contribution < 1.29 is 9.21 Å². The fraction of sp³-hybridized carbons (Fsp3) is 0.208. The molecule has 4 rings (SSSR count). The highest BCUT2D eigenvalue weighted by Gasteiger charge is 2.20. The maximum absolute atomic E-state index is 13.0. The molecule has 3 aromatic heterocycles. The van der Waals surface area contributed by atoms with Gasteiger partial charge in [0.1, 0.15) is 5.76 Å². The van der Waals surface area contributed by atoms with Crippen molar-refractivity contribution in [2.75, 3.05) is 5.75 Å². The lowest BCUT2D eigenvalue weighted by Gasteiger charge is -2.09. The van der Waals surface area contributed by atoms with Crippen molar-refractivity contribution in [1.29, 1.82) is 0 Å². The molecule has 164 valence electrons. The van der Waals surface area contributed by atoms with Crippen LogP contribution in [0.15, 0.2) is 71.0 Å². The minimum absolute atomic E-state index is 0.0546. The lowest BCUT2D eigenvalue weighted by molar-refractivity contribution is 0.102. The number of Topliss-reactive ketones (excluding diaryl/α,β-unsaturated/α-hetero) is 1. The van der Waals surface area contributed by atoms with Crippen LogP contribution in [-0.4, -0.2) is 30.9 Å². The first-order chi connectivity index (χ1) is 15.5. The lowest BCUT2D eigenvalue weighted by Crippen LogP contribution is -2.08. The molecule has 6 nitrogen and oxygen atoms in total. The number of aryl methyl sites for hydroxylation is 1. The number of benzene rings is 1. The summed E-state index contributed by atoms with van der Waals surface area (Å²) < 4.78 is 9.58. The van der Waals surface area contributed by atoms with E-state index in [-0.39, 0.29) is 11.5 Å². The average molecular weight is 467 g/mol. The highest BCUT2D eigenvalue weighted by Crippen LogP contribution is 2.27. The number of hydrogen-bond acceptors (Lipinski definition) is 5. The number of thioether (sulfide) groups is 1. The van der Waals surface area contributed by atoms with Gasteiger partial charge in [-0.1, -0.05) is 29.4 Å². The van der Waals surface area contributed by atoms with E-state index in [1.165, 1.54) is 11.8 Å². The predicted octanol–water partition coefficient (Wildman–Crippen LogP) is 5.82. The zero-order valence-electron chi connectivity index (χ0n) is 17.9. The van der Waals surface area contributed by atoms with E-state index in [1.807, 2.05) is 67.0 Å². The first-order valence-electron chi connectivity index (χ1n) is 10.1. The molecule has 0 bridgehead atoms. The smallest absolute Gasteiger partial charge is 0.192 e. The molecule has 0 fully saturated rings. The summed E-state index contributed by atoms with van der Waals surface area (Å²) in [7, 11) is 0. The van der Waals surface area contributed by atoms with E-state index in [0.717, 1.165) is 28.3 Å².